The summed E-state index contributed by atoms with van der Waals surface area (Å²) in [4.78, 5) is 16.2. The molecule has 0 aliphatic rings. The normalized spacial score (nSPS) is 10.7. The number of anilines is 1. The molecule has 0 saturated heterocycles. The van der Waals surface area contributed by atoms with Gasteiger partial charge in [0.25, 0.3) is 0 Å². The molecule has 0 radical (unpaired) electrons. The van der Waals surface area contributed by atoms with Crippen LogP contribution in [0.5, 0.6) is 0 Å². The van der Waals surface area contributed by atoms with Gasteiger partial charge in [0.05, 0.1) is 0 Å². The lowest BCUT2D eigenvalue weighted by molar-refractivity contribution is -0.116. The van der Waals surface area contributed by atoms with Crippen molar-refractivity contribution in [1.29, 1.82) is 0 Å². The van der Waals surface area contributed by atoms with Gasteiger partial charge in [-0.2, -0.15) is 0 Å². The molecule has 0 aliphatic carbocycles. The third-order valence-electron chi connectivity index (χ3n) is 2.84. The fourth-order valence-corrected chi connectivity index (χ4v) is 1.90. The van der Waals surface area contributed by atoms with Crippen LogP contribution in [-0.2, 0) is 4.79 Å². The van der Waals surface area contributed by atoms with Crippen molar-refractivity contribution in [3.8, 4) is 0 Å². The minimum Gasteiger partial charge on any atom is -0.357 e. The van der Waals surface area contributed by atoms with E-state index in [2.05, 4.69) is 27.9 Å². The predicted octanol–water partition coefficient (Wildman–Crippen LogP) is 3.64. The maximum Gasteiger partial charge on any atom is 0.224 e. The summed E-state index contributed by atoms with van der Waals surface area (Å²) in [5, 5.41) is 9.90. The first-order valence-electron chi connectivity index (χ1n) is 7.73. The fraction of sp³-hybridized carbons (Fsp3) is 0.500. The Labute approximate surface area is 160 Å². The lowest BCUT2D eigenvalue weighted by atomic mass is 10.2. The summed E-state index contributed by atoms with van der Waals surface area (Å²) < 4.78 is 0. The van der Waals surface area contributed by atoms with Crippen molar-refractivity contribution >= 4 is 53.1 Å². The van der Waals surface area contributed by atoms with Crippen molar-refractivity contribution in [3.63, 3.8) is 0 Å². The Bertz CT molecular complexity index is 479. The number of carbonyl (C=O) groups is 1. The van der Waals surface area contributed by atoms with Gasteiger partial charge in [-0.3, -0.25) is 9.79 Å². The van der Waals surface area contributed by atoms with E-state index in [-0.39, 0.29) is 29.9 Å². The molecule has 0 heterocycles. The Hall–Kier alpha value is -1.02. The molecule has 1 aromatic carbocycles. The van der Waals surface area contributed by atoms with E-state index in [0.717, 1.165) is 37.6 Å². The molecule has 7 heteroatoms. The highest BCUT2D eigenvalue weighted by Gasteiger charge is 2.03. The number of rotatable bonds is 8. The standard InChI is InChI=1S/C16H25ClN4O.HI/c1-3-11-19-16(18-4-2)20-12-5-6-15(22)21-14-9-7-13(17)8-10-14;/h7-10H,3-6,11-12H2,1-2H3,(H,21,22)(H2,18,19,20);1H. The van der Waals surface area contributed by atoms with E-state index in [1.807, 2.05) is 6.92 Å². The predicted molar refractivity (Wildman–Crippen MR) is 109 cm³/mol. The van der Waals surface area contributed by atoms with Crippen molar-refractivity contribution in [2.45, 2.75) is 33.1 Å². The van der Waals surface area contributed by atoms with Crippen LogP contribution in [0, 0.1) is 0 Å². The smallest absolute Gasteiger partial charge is 0.224 e. The SMILES string of the molecule is CCCN=C(NCC)NCCCC(=O)Nc1ccc(Cl)cc1.I. The minimum absolute atomic E-state index is 0. The number of hydrogen-bond acceptors (Lipinski definition) is 2. The molecule has 130 valence electrons. The Morgan fingerprint density at radius 3 is 2.48 bits per heavy atom. The molecule has 5 nitrogen and oxygen atoms in total. The zero-order valence-electron chi connectivity index (χ0n) is 13.7. The molecule has 0 atom stereocenters. The van der Waals surface area contributed by atoms with Gasteiger partial charge in [-0.05, 0) is 44.0 Å². The van der Waals surface area contributed by atoms with Gasteiger partial charge in [0.1, 0.15) is 0 Å². The van der Waals surface area contributed by atoms with Crippen LogP contribution in [0.15, 0.2) is 29.3 Å². The summed E-state index contributed by atoms with van der Waals surface area (Å²) in [6, 6.07) is 7.09. The lowest BCUT2D eigenvalue weighted by Gasteiger charge is -2.11. The van der Waals surface area contributed by atoms with Crippen LogP contribution in [-0.4, -0.2) is 31.5 Å². The Kier molecular flexibility index (Phi) is 12.8. The van der Waals surface area contributed by atoms with Crippen LogP contribution in [0.1, 0.15) is 33.1 Å². The third kappa shape index (κ3) is 10.4. The first-order chi connectivity index (χ1) is 10.7. The van der Waals surface area contributed by atoms with Crippen LogP contribution in [0.3, 0.4) is 0 Å². The van der Waals surface area contributed by atoms with Crippen LogP contribution in [0.25, 0.3) is 0 Å². The van der Waals surface area contributed by atoms with E-state index in [4.69, 9.17) is 11.6 Å². The van der Waals surface area contributed by atoms with Gasteiger partial charge in [-0.15, -0.1) is 24.0 Å². The van der Waals surface area contributed by atoms with E-state index in [1.54, 1.807) is 24.3 Å². The van der Waals surface area contributed by atoms with Crippen LogP contribution < -0.4 is 16.0 Å². The summed E-state index contributed by atoms with van der Waals surface area (Å²) in [5.74, 6) is 0.807. The molecule has 0 aliphatic heterocycles. The molecule has 1 rings (SSSR count). The zero-order valence-corrected chi connectivity index (χ0v) is 16.8. The second-order valence-electron chi connectivity index (χ2n) is 4.85. The highest BCUT2D eigenvalue weighted by molar-refractivity contribution is 14.0. The maximum absolute atomic E-state index is 11.8. The van der Waals surface area contributed by atoms with Gasteiger partial charge in [0.15, 0.2) is 5.96 Å². The molecule has 23 heavy (non-hydrogen) atoms. The largest absolute Gasteiger partial charge is 0.357 e. The lowest BCUT2D eigenvalue weighted by Crippen LogP contribution is -2.38. The zero-order chi connectivity index (χ0) is 16.2. The maximum atomic E-state index is 11.8. The Morgan fingerprint density at radius 1 is 1.17 bits per heavy atom. The molecular formula is C16H26ClIN4O. The van der Waals surface area contributed by atoms with Crippen molar-refractivity contribution in [2.75, 3.05) is 25.0 Å². The van der Waals surface area contributed by atoms with E-state index >= 15 is 0 Å². The molecule has 1 amide bonds. The molecule has 3 N–H and O–H groups in total. The Balaban J connectivity index is 0.00000484. The number of amides is 1. The van der Waals surface area contributed by atoms with Crippen LogP contribution >= 0.6 is 35.6 Å². The monoisotopic (exact) mass is 452 g/mol. The average Bonchev–Trinajstić information content (AvgIpc) is 2.51. The molecular weight excluding hydrogens is 427 g/mol. The Morgan fingerprint density at radius 2 is 1.87 bits per heavy atom. The van der Waals surface area contributed by atoms with Crippen LogP contribution in [0.2, 0.25) is 5.02 Å². The van der Waals surface area contributed by atoms with Gasteiger partial charge in [0.2, 0.25) is 5.91 Å². The average molecular weight is 453 g/mol. The quantitative estimate of drug-likeness (QED) is 0.244. The number of benzene rings is 1. The van der Waals surface area contributed by atoms with Gasteiger partial charge in [0, 0.05) is 36.8 Å². The number of nitrogens with one attached hydrogen (secondary N) is 3. The number of aliphatic imine (C=N–C) groups is 1. The number of hydrogen-bond donors (Lipinski definition) is 3. The summed E-state index contributed by atoms with van der Waals surface area (Å²) >= 11 is 5.80. The molecule has 1 aromatic rings. The van der Waals surface area contributed by atoms with E-state index in [9.17, 15) is 4.79 Å². The minimum atomic E-state index is -0.000352. The highest BCUT2D eigenvalue weighted by atomic mass is 127. The summed E-state index contributed by atoms with van der Waals surface area (Å²) in [5.41, 5.74) is 0.764. The van der Waals surface area contributed by atoms with Gasteiger partial charge in [-0.25, -0.2) is 0 Å². The first-order valence-corrected chi connectivity index (χ1v) is 8.11. The van der Waals surface area contributed by atoms with Gasteiger partial charge < -0.3 is 16.0 Å². The third-order valence-corrected chi connectivity index (χ3v) is 3.09. The molecule has 0 unspecified atom stereocenters. The number of carbonyl (C=O) groups excluding carboxylic acids is 1. The topological polar surface area (TPSA) is 65.5 Å². The van der Waals surface area contributed by atoms with E-state index in [0.29, 0.717) is 18.0 Å². The van der Waals surface area contributed by atoms with Crippen molar-refractivity contribution in [2.24, 2.45) is 4.99 Å². The van der Waals surface area contributed by atoms with Crippen molar-refractivity contribution in [1.82, 2.24) is 10.6 Å². The summed E-state index contributed by atoms with van der Waals surface area (Å²) in [7, 11) is 0. The summed E-state index contributed by atoms with van der Waals surface area (Å²) in [6.07, 6.45) is 2.22. The number of guanidine groups is 1. The molecule has 0 saturated carbocycles. The molecule has 0 aromatic heterocycles. The van der Waals surface area contributed by atoms with Gasteiger partial charge >= 0.3 is 0 Å². The molecule has 0 spiro atoms. The highest BCUT2D eigenvalue weighted by Crippen LogP contribution is 2.13. The fourth-order valence-electron chi connectivity index (χ4n) is 1.78. The van der Waals surface area contributed by atoms with Crippen LogP contribution in [0.4, 0.5) is 5.69 Å². The number of nitrogens with zero attached hydrogens (tertiary/aromatic N) is 1. The second-order valence-corrected chi connectivity index (χ2v) is 5.28. The van der Waals surface area contributed by atoms with Crippen molar-refractivity contribution < 1.29 is 4.79 Å². The van der Waals surface area contributed by atoms with Gasteiger partial charge in [-0.1, -0.05) is 18.5 Å². The molecule has 0 fully saturated rings. The van der Waals surface area contributed by atoms with E-state index < -0.39 is 0 Å². The van der Waals surface area contributed by atoms with E-state index in [1.165, 1.54) is 0 Å². The second kappa shape index (κ2) is 13.4. The van der Waals surface area contributed by atoms with Crippen molar-refractivity contribution in [3.05, 3.63) is 29.3 Å². The first kappa shape index (κ1) is 22.0. The summed E-state index contributed by atoms with van der Waals surface area (Å²) in [6.45, 7) is 6.46. The number of halogens is 2. The molecule has 0 bridgehead atoms.